The van der Waals surface area contributed by atoms with E-state index in [0.29, 0.717) is 13.2 Å². The number of benzene rings is 1. The first-order chi connectivity index (χ1) is 10.7. The van der Waals surface area contributed by atoms with Gasteiger partial charge in [-0.3, -0.25) is 4.90 Å². The number of nitrogens with zero attached hydrogens (tertiary/aromatic N) is 1. The lowest BCUT2D eigenvalue weighted by molar-refractivity contribution is -0.0953. The van der Waals surface area contributed by atoms with Gasteiger partial charge in [-0.25, -0.2) is 0 Å². The summed E-state index contributed by atoms with van der Waals surface area (Å²) in [6.45, 7) is 2.74. The number of unbranched alkanes of at least 4 members (excludes halogenated alkanes) is 1. The zero-order valence-electron chi connectivity index (χ0n) is 13.1. The average molecular weight is 309 g/mol. The number of likely N-dealkylation sites (tertiary alicyclic amines) is 1. The van der Waals surface area contributed by atoms with Gasteiger partial charge in [-0.05, 0) is 18.4 Å². The molecule has 1 aromatic rings. The molecule has 0 aliphatic carbocycles. The molecule has 0 aromatic heterocycles. The molecule has 1 aliphatic rings. The predicted molar refractivity (Wildman–Crippen MR) is 84.1 cm³/mol. The maximum atomic E-state index is 9.98. The number of aliphatic hydroxyl groups is 3. The van der Waals surface area contributed by atoms with Crippen LogP contribution in [0.25, 0.3) is 0 Å². The molecule has 0 saturated carbocycles. The molecule has 22 heavy (non-hydrogen) atoms. The molecular weight excluding hydrogens is 282 g/mol. The highest BCUT2D eigenvalue weighted by Gasteiger charge is 2.42. The lowest BCUT2D eigenvalue weighted by Crippen LogP contribution is -2.45. The molecule has 4 atom stereocenters. The fourth-order valence-electron chi connectivity index (χ4n) is 2.95. The van der Waals surface area contributed by atoms with Gasteiger partial charge in [0.25, 0.3) is 0 Å². The standard InChI is InChI=1S/C17H27NO4/c1-2-3-9-16(22-12-13-7-5-4-6-8-13)18-10-15(20)17(21)14(18)11-19/h4-8,14-17,19-21H,2-3,9-12H2,1H3/t14-,15-,16?,17-/m0/s1. The zero-order valence-corrected chi connectivity index (χ0v) is 13.1. The fraction of sp³-hybridized carbons (Fsp3) is 0.647. The molecule has 5 nitrogen and oxygen atoms in total. The van der Waals surface area contributed by atoms with Crippen LogP contribution in [0.15, 0.2) is 30.3 Å². The van der Waals surface area contributed by atoms with E-state index >= 15 is 0 Å². The fourth-order valence-corrected chi connectivity index (χ4v) is 2.95. The van der Waals surface area contributed by atoms with E-state index in [2.05, 4.69) is 6.92 Å². The smallest absolute Gasteiger partial charge is 0.111 e. The van der Waals surface area contributed by atoms with Crippen molar-refractivity contribution >= 4 is 0 Å². The molecule has 0 radical (unpaired) electrons. The second-order valence-corrected chi connectivity index (χ2v) is 5.90. The molecule has 1 aliphatic heterocycles. The molecule has 2 rings (SSSR count). The Morgan fingerprint density at radius 2 is 2.00 bits per heavy atom. The van der Waals surface area contributed by atoms with Crippen molar-refractivity contribution in [2.24, 2.45) is 0 Å². The summed E-state index contributed by atoms with van der Waals surface area (Å²) in [7, 11) is 0. The second-order valence-electron chi connectivity index (χ2n) is 5.90. The Labute approximate surface area is 132 Å². The van der Waals surface area contributed by atoms with E-state index in [1.807, 2.05) is 35.2 Å². The predicted octanol–water partition coefficient (Wildman–Crippen LogP) is 1.12. The van der Waals surface area contributed by atoms with Gasteiger partial charge in [0.1, 0.15) is 6.23 Å². The molecule has 1 fully saturated rings. The van der Waals surface area contributed by atoms with Crippen LogP contribution in [0.4, 0.5) is 0 Å². The summed E-state index contributed by atoms with van der Waals surface area (Å²) < 4.78 is 6.04. The van der Waals surface area contributed by atoms with Crippen molar-refractivity contribution in [3.05, 3.63) is 35.9 Å². The van der Waals surface area contributed by atoms with Crippen LogP contribution in [0.5, 0.6) is 0 Å². The molecule has 1 unspecified atom stereocenters. The monoisotopic (exact) mass is 309 g/mol. The quantitative estimate of drug-likeness (QED) is 0.671. The Bertz CT molecular complexity index is 428. The first-order valence-corrected chi connectivity index (χ1v) is 8.05. The Balaban J connectivity index is 2.01. The van der Waals surface area contributed by atoms with Crippen LogP contribution in [0, 0.1) is 0 Å². The summed E-state index contributed by atoms with van der Waals surface area (Å²) in [5.74, 6) is 0. The van der Waals surface area contributed by atoms with Crippen molar-refractivity contribution in [3.8, 4) is 0 Å². The maximum Gasteiger partial charge on any atom is 0.111 e. The first-order valence-electron chi connectivity index (χ1n) is 8.05. The Morgan fingerprint density at radius 1 is 1.27 bits per heavy atom. The third-order valence-electron chi connectivity index (χ3n) is 4.26. The van der Waals surface area contributed by atoms with Gasteiger partial charge in [0, 0.05) is 6.54 Å². The Hall–Kier alpha value is -0.980. The summed E-state index contributed by atoms with van der Waals surface area (Å²) in [6, 6.07) is 9.46. The van der Waals surface area contributed by atoms with E-state index in [-0.39, 0.29) is 12.8 Å². The van der Waals surface area contributed by atoms with Crippen molar-refractivity contribution in [1.29, 1.82) is 0 Å². The maximum absolute atomic E-state index is 9.98. The average Bonchev–Trinajstić information content (AvgIpc) is 2.83. The lowest BCUT2D eigenvalue weighted by Gasteiger charge is -2.32. The number of ether oxygens (including phenoxy) is 1. The van der Waals surface area contributed by atoms with Gasteiger partial charge in [-0.2, -0.15) is 0 Å². The molecule has 1 aromatic carbocycles. The minimum absolute atomic E-state index is 0.185. The van der Waals surface area contributed by atoms with Crippen molar-refractivity contribution in [1.82, 2.24) is 4.90 Å². The number of hydrogen-bond acceptors (Lipinski definition) is 5. The van der Waals surface area contributed by atoms with Crippen LogP contribution in [-0.4, -0.2) is 57.8 Å². The minimum Gasteiger partial charge on any atom is -0.395 e. The topological polar surface area (TPSA) is 73.2 Å². The summed E-state index contributed by atoms with van der Waals surface area (Å²) in [5.41, 5.74) is 1.09. The Morgan fingerprint density at radius 3 is 2.64 bits per heavy atom. The van der Waals surface area contributed by atoms with E-state index in [1.165, 1.54) is 0 Å². The molecular formula is C17H27NO4. The van der Waals surface area contributed by atoms with Gasteiger partial charge >= 0.3 is 0 Å². The van der Waals surface area contributed by atoms with Gasteiger partial charge in [0.05, 0.1) is 31.5 Å². The van der Waals surface area contributed by atoms with E-state index < -0.39 is 18.2 Å². The third-order valence-corrected chi connectivity index (χ3v) is 4.26. The van der Waals surface area contributed by atoms with Gasteiger partial charge in [0.2, 0.25) is 0 Å². The summed E-state index contributed by atoms with van der Waals surface area (Å²) in [4.78, 5) is 1.90. The second kappa shape index (κ2) is 8.60. The van der Waals surface area contributed by atoms with Crippen LogP contribution in [-0.2, 0) is 11.3 Å². The molecule has 5 heteroatoms. The van der Waals surface area contributed by atoms with Gasteiger partial charge in [-0.1, -0.05) is 43.7 Å². The summed E-state index contributed by atoms with van der Waals surface area (Å²) in [5, 5.41) is 29.4. The van der Waals surface area contributed by atoms with Gasteiger partial charge < -0.3 is 20.1 Å². The number of rotatable bonds is 8. The van der Waals surface area contributed by atoms with Crippen LogP contribution in [0.1, 0.15) is 31.7 Å². The highest BCUT2D eigenvalue weighted by atomic mass is 16.5. The summed E-state index contributed by atoms with van der Waals surface area (Å²) in [6.07, 6.45) is 0.910. The summed E-state index contributed by atoms with van der Waals surface area (Å²) >= 11 is 0. The largest absolute Gasteiger partial charge is 0.395 e. The number of β-amino-alcohol motifs (C(OH)–C–C–N with tert-alkyl or cyclic N) is 1. The molecule has 1 saturated heterocycles. The highest BCUT2D eigenvalue weighted by Crippen LogP contribution is 2.25. The van der Waals surface area contributed by atoms with Crippen molar-refractivity contribution in [3.63, 3.8) is 0 Å². The van der Waals surface area contributed by atoms with Crippen LogP contribution >= 0.6 is 0 Å². The SMILES string of the molecule is CCCCC(OCc1ccccc1)N1C[C@H](O)[C@@H](O)[C@@H]1CO. The molecule has 3 N–H and O–H groups in total. The molecule has 124 valence electrons. The van der Waals surface area contributed by atoms with Crippen molar-refractivity contribution < 1.29 is 20.1 Å². The zero-order chi connectivity index (χ0) is 15.9. The van der Waals surface area contributed by atoms with Crippen LogP contribution in [0.3, 0.4) is 0 Å². The van der Waals surface area contributed by atoms with Gasteiger partial charge in [-0.15, -0.1) is 0 Å². The van der Waals surface area contributed by atoms with E-state index in [9.17, 15) is 15.3 Å². The molecule has 0 amide bonds. The molecule has 1 heterocycles. The van der Waals surface area contributed by atoms with Crippen LogP contribution < -0.4 is 0 Å². The van der Waals surface area contributed by atoms with Crippen LogP contribution in [0.2, 0.25) is 0 Å². The van der Waals surface area contributed by atoms with E-state index in [4.69, 9.17) is 4.74 Å². The van der Waals surface area contributed by atoms with E-state index in [1.54, 1.807) is 0 Å². The Kier molecular flexibility index (Phi) is 6.79. The molecule has 0 bridgehead atoms. The number of hydrogen-bond donors (Lipinski definition) is 3. The molecule has 0 spiro atoms. The van der Waals surface area contributed by atoms with Crippen molar-refractivity contribution in [2.45, 2.75) is 57.3 Å². The normalized spacial score (nSPS) is 27.2. The number of aliphatic hydroxyl groups excluding tert-OH is 3. The highest BCUT2D eigenvalue weighted by molar-refractivity contribution is 5.13. The van der Waals surface area contributed by atoms with Crippen molar-refractivity contribution in [2.75, 3.05) is 13.2 Å². The van der Waals surface area contributed by atoms with E-state index in [0.717, 1.165) is 24.8 Å². The lowest BCUT2D eigenvalue weighted by atomic mass is 10.1. The third kappa shape index (κ3) is 4.27. The van der Waals surface area contributed by atoms with Gasteiger partial charge in [0.15, 0.2) is 0 Å². The minimum atomic E-state index is -0.922. The first kappa shape index (κ1) is 17.4.